The molecule has 0 spiro atoms. The van der Waals surface area contributed by atoms with E-state index in [-0.39, 0.29) is 19.0 Å². The minimum atomic E-state index is -4.68. The SMILES string of the molecule is O=C(Cn1cc(C(F)(F)F)cc(Cl)c1=O)N1CCN(C(=O)c2cccs2)CC1. The molecule has 0 bridgehead atoms. The Kier molecular flexibility index (Phi) is 5.80. The molecule has 150 valence electrons. The molecule has 2 aromatic rings. The van der Waals surface area contributed by atoms with Crippen LogP contribution in [0.1, 0.15) is 15.2 Å². The van der Waals surface area contributed by atoms with Crippen molar-refractivity contribution in [3.63, 3.8) is 0 Å². The van der Waals surface area contributed by atoms with Crippen LogP contribution in [-0.4, -0.2) is 52.4 Å². The van der Waals surface area contributed by atoms with E-state index in [1.165, 1.54) is 16.2 Å². The highest BCUT2D eigenvalue weighted by Crippen LogP contribution is 2.29. The number of rotatable bonds is 3. The first-order valence-electron chi connectivity index (χ1n) is 8.24. The van der Waals surface area contributed by atoms with Crippen molar-refractivity contribution in [3.05, 3.63) is 55.6 Å². The number of pyridine rings is 1. The minimum Gasteiger partial charge on any atom is -0.338 e. The Morgan fingerprint density at radius 3 is 2.36 bits per heavy atom. The van der Waals surface area contributed by atoms with Gasteiger partial charge in [-0.1, -0.05) is 17.7 Å². The van der Waals surface area contributed by atoms with E-state index < -0.39 is 34.8 Å². The lowest BCUT2D eigenvalue weighted by Gasteiger charge is -2.34. The van der Waals surface area contributed by atoms with Gasteiger partial charge in [-0.05, 0) is 17.5 Å². The summed E-state index contributed by atoms with van der Waals surface area (Å²) in [6.07, 6.45) is -4.10. The van der Waals surface area contributed by atoms with Crippen molar-refractivity contribution >= 4 is 34.8 Å². The minimum absolute atomic E-state index is 0.122. The standard InChI is InChI=1S/C17H15ClF3N3O3S/c18-12-8-11(17(19,20)21)9-24(15(12)26)10-14(25)22-3-5-23(6-4-22)16(27)13-2-1-7-28-13/h1-2,7-9H,3-6,10H2. The van der Waals surface area contributed by atoms with Crippen molar-refractivity contribution in [1.82, 2.24) is 14.4 Å². The van der Waals surface area contributed by atoms with Gasteiger partial charge in [0.05, 0.1) is 10.4 Å². The molecule has 3 heterocycles. The van der Waals surface area contributed by atoms with Gasteiger partial charge >= 0.3 is 6.18 Å². The van der Waals surface area contributed by atoms with E-state index in [9.17, 15) is 27.6 Å². The molecule has 1 fully saturated rings. The summed E-state index contributed by atoms with van der Waals surface area (Å²) < 4.78 is 39.4. The highest BCUT2D eigenvalue weighted by atomic mass is 35.5. The average molecular weight is 434 g/mol. The van der Waals surface area contributed by atoms with Gasteiger partial charge in [0.2, 0.25) is 5.91 Å². The molecule has 11 heteroatoms. The Morgan fingerprint density at radius 2 is 1.79 bits per heavy atom. The van der Waals surface area contributed by atoms with Crippen LogP contribution >= 0.6 is 22.9 Å². The number of carbonyl (C=O) groups excluding carboxylic acids is 2. The summed E-state index contributed by atoms with van der Waals surface area (Å²) in [7, 11) is 0. The molecule has 0 aliphatic carbocycles. The van der Waals surface area contributed by atoms with Gasteiger partial charge in [-0.3, -0.25) is 14.4 Å². The Labute approximate surface area is 166 Å². The first-order chi connectivity index (χ1) is 13.2. The van der Waals surface area contributed by atoms with Gasteiger partial charge in [-0.25, -0.2) is 0 Å². The van der Waals surface area contributed by atoms with Gasteiger partial charge in [-0.2, -0.15) is 13.2 Å². The summed E-state index contributed by atoms with van der Waals surface area (Å²) in [6, 6.07) is 4.03. The number of aromatic nitrogens is 1. The number of piperazine rings is 1. The van der Waals surface area contributed by atoms with Crippen molar-refractivity contribution in [2.24, 2.45) is 0 Å². The second-order valence-electron chi connectivity index (χ2n) is 6.16. The number of thiophene rings is 1. The van der Waals surface area contributed by atoms with Crippen LogP contribution in [0.3, 0.4) is 0 Å². The molecule has 2 aromatic heterocycles. The fourth-order valence-corrected chi connectivity index (χ4v) is 3.75. The molecule has 3 rings (SSSR count). The number of hydrogen-bond acceptors (Lipinski definition) is 4. The van der Waals surface area contributed by atoms with Gasteiger partial charge in [0.25, 0.3) is 11.5 Å². The first kappa shape index (κ1) is 20.4. The average Bonchev–Trinajstić information content (AvgIpc) is 3.18. The van der Waals surface area contributed by atoms with Crippen molar-refractivity contribution in [2.45, 2.75) is 12.7 Å². The lowest BCUT2D eigenvalue weighted by molar-refractivity contribution is -0.139. The molecule has 6 nitrogen and oxygen atoms in total. The Balaban J connectivity index is 1.66. The molecule has 28 heavy (non-hydrogen) atoms. The molecule has 1 aliphatic heterocycles. The van der Waals surface area contributed by atoms with Crippen LogP contribution in [0.4, 0.5) is 13.2 Å². The Morgan fingerprint density at radius 1 is 1.14 bits per heavy atom. The maximum atomic E-state index is 12.9. The van der Waals surface area contributed by atoms with E-state index in [1.807, 2.05) is 0 Å². The topological polar surface area (TPSA) is 62.6 Å². The first-order valence-corrected chi connectivity index (χ1v) is 9.50. The fourth-order valence-electron chi connectivity index (χ4n) is 2.83. The van der Waals surface area contributed by atoms with Gasteiger partial charge in [0, 0.05) is 32.4 Å². The number of alkyl halides is 3. The van der Waals surface area contributed by atoms with Crippen LogP contribution < -0.4 is 5.56 Å². The van der Waals surface area contributed by atoms with E-state index in [0.717, 1.165) is 0 Å². The van der Waals surface area contributed by atoms with E-state index in [4.69, 9.17) is 11.6 Å². The number of nitrogens with zero attached hydrogens (tertiary/aromatic N) is 3. The zero-order valence-corrected chi connectivity index (χ0v) is 16.0. The lowest BCUT2D eigenvalue weighted by Crippen LogP contribution is -2.51. The summed E-state index contributed by atoms with van der Waals surface area (Å²) in [5.74, 6) is -0.635. The molecule has 0 radical (unpaired) electrons. The number of hydrogen-bond donors (Lipinski definition) is 0. The van der Waals surface area contributed by atoms with Crippen molar-refractivity contribution in [2.75, 3.05) is 26.2 Å². The molecule has 0 unspecified atom stereocenters. The summed E-state index contributed by atoms with van der Waals surface area (Å²) in [5.41, 5.74) is -1.97. The quantitative estimate of drug-likeness (QED) is 0.747. The van der Waals surface area contributed by atoms with E-state index in [2.05, 4.69) is 0 Å². The third kappa shape index (κ3) is 4.39. The van der Waals surface area contributed by atoms with Crippen LogP contribution in [0, 0.1) is 0 Å². The molecule has 0 atom stereocenters. The van der Waals surface area contributed by atoms with Crippen LogP contribution in [0.15, 0.2) is 34.6 Å². The van der Waals surface area contributed by atoms with Crippen LogP contribution in [0.25, 0.3) is 0 Å². The van der Waals surface area contributed by atoms with Gasteiger partial charge in [-0.15, -0.1) is 11.3 Å². The lowest BCUT2D eigenvalue weighted by atomic mass is 10.2. The highest BCUT2D eigenvalue weighted by Gasteiger charge is 2.32. The monoisotopic (exact) mass is 433 g/mol. The molecule has 0 N–H and O–H groups in total. The van der Waals surface area contributed by atoms with Crippen molar-refractivity contribution in [1.29, 1.82) is 0 Å². The van der Waals surface area contributed by atoms with Gasteiger partial charge < -0.3 is 14.4 Å². The summed E-state index contributed by atoms with van der Waals surface area (Å²) in [5, 5.41) is 1.19. The maximum Gasteiger partial charge on any atom is 0.417 e. The maximum absolute atomic E-state index is 12.9. The molecule has 0 saturated carbocycles. The highest BCUT2D eigenvalue weighted by molar-refractivity contribution is 7.12. The third-order valence-electron chi connectivity index (χ3n) is 4.33. The molecule has 2 amide bonds. The van der Waals surface area contributed by atoms with E-state index in [1.54, 1.807) is 22.4 Å². The van der Waals surface area contributed by atoms with Gasteiger partial charge in [0.15, 0.2) is 0 Å². The number of carbonyl (C=O) groups is 2. The molecular weight excluding hydrogens is 419 g/mol. The van der Waals surface area contributed by atoms with Gasteiger partial charge in [0.1, 0.15) is 11.6 Å². The normalized spacial score (nSPS) is 15.0. The van der Waals surface area contributed by atoms with Crippen LogP contribution in [0.5, 0.6) is 0 Å². The summed E-state index contributed by atoms with van der Waals surface area (Å²) in [6.45, 7) is 0.525. The van der Waals surface area contributed by atoms with E-state index >= 15 is 0 Å². The summed E-state index contributed by atoms with van der Waals surface area (Å²) in [4.78, 5) is 40.4. The second kappa shape index (κ2) is 7.96. The zero-order valence-electron chi connectivity index (χ0n) is 14.4. The van der Waals surface area contributed by atoms with Crippen LogP contribution in [-0.2, 0) is 17.5 Å². The van der Waals surface area contributed by atoms with Crippen LogP contribution in [0.2, 0.25) is 5.02 Å². The third-order valence-corrected chi connectivity index (χ3v) is 5.46. The Bertz CT molecular complexity index is 935. The summed E-state index contributed by atoms with van der Waals surface area (Å²) >= 11 is 6.92. The Hall–Kier alpha value is -2.33. The predicted molar refractivity (Wildman–Crippen MR) is 97.5 cm³/mol. The second-order valence-corrected chi connectivity index (χ2v) is 7.51. The number of halogens is 4. The number of amides is 2. The van der Waals surface area contributed by atoms with Crippen molar-refractivity contribution < 1.29 is 22.8 Å². The zero-order chi connectivity index (χ0) is 20.5. The molecule has 0 aromatic carbocycles. The van der Waals surface area contributed by atoms with Crippen molar-refractivity contribution in [3.8, 4) is 0 Å². The smallest absolute Gasteiger partial charge is 0.338 e. The molecular formula is C17H15ClF3N3O3S. The fraction of sp³-hybridized carbons (Fsp3) is 0.353. The molecule has 1 aliphatic rings. The van der Waals surface area contributed by atoms with E-state index in [0.29, 0.717) is 34.8 Å². The predicted octanol–water partition coefficient (Wildman–Crippen LogP) is 2.57. The molecule has 1 saturated heterocycles. The largest absolute Gasteiger partial charge is 0.417 e.